The molecule has 1 heterocycles. The first-order valence-corrected chi connectivity index (χ1v) is 10.1. The molecular formula is C20H24NOP. The van der Waals surface area contributed by atoms with Crippen LogP contribution in [0.3, 0.4) is 0 Å². The number of benzene rings is 2. The van der Waals surface area contributed by atoms with E-state index in [2.05, 4.69) is 48.9 Å². The van der Waals surface area contributed by atoms with E-state index >= 15 is 0 Å². The van der Waals surface area contributed by atoms with Crippen LogP contribution in [-0.2, 0) is 4.57 Å². The van der Waals surface area contributed by atoms with Gasteiger partial charge in [0.15, 0.2) is 7.29 Å². The fourth-order valence-corrected chi connectivity index (χ4v) is 7.31. The van der Waals surface area contributed by atoms with Crippen molar-refractivity contribution in [1.82, 2.24) is 4.67 Å². The Morgan fingerprint density at radius 1 is 0.957 bits per heavy atom. The van der Waals surface area contributed by atoms with Gasteiger partial charge in [0.1, 0.15) is 0 Å². The summed E-state index contributed by atoms with van der Waals surface area (Å²) in [6.07, 6.45) is 3.05. The molecule has 2 aromatic rings. The van der Waals surface area contributed by atoms with E-state index in [4.69, 9.17) is 0 Å². The highest BCUT2D eigenvalue weighted by molar-refractivity contribution is 7.72. The van der Waals surface area contributed by atoms with Crippen molar-refractivity contribution in [2.45, 2.75) is 25.9 Å². The average Bonchev–Trinajstić information content (AvgIpc) is 2.95. The van der Waals surface area contributed by atoms with Gasteiger partial charge in [0.25, 0.3) is 0 Å². The normalized spacial score (nSPS) is 24.0. The molecule has 0 saturated carbocycles. The Morgan fingerprint density at radius 2 is 1.52 bits per heavy atom. The highest BCUT2D eigenvalue weighted by Crippen LogP contribution is 2.75. The van der Waals surface area contributed by atoms with Crippen molar-refractivity contribution in [1.29, 1.82) is 0 Å². The molecule has 2 nitrogen and oxygen atoms in total. The third-order valence-corrected chi connectivity index (χ3v) is 8.60. The lowest BCUT2D eigenvalue weighted by molar-refractivity contribution is 0.444. The Morgan fingerprint density at radius 3 is 2.09 bits per heavy atom. The predicted molar refractivity (Wildman–Crippen MR) is 98.7 cm³/mol. The van der Waals surface area contributed by atoms with Gasteiger partial charge in [-0.25, -0.2) is 4.67 Å². The van der Waals surface area contributed by atoms with Crippen LogP contribution in [0, 0.1) is 0 Å². The predicted octanol–water partition coefficient (Wildman–Crippen LogP) is 5.79. The number of nitrogens with zero attached hydrogens (tertiary/aromatic N) is 1. The first-order chi connectivity index (χ1) is 11.2. The van der Waals surface area contributed by atoms with Crippen molar-refractivity contribution in [3.05, 3.63) is 77.9 Å². The van der Waals surface area contributed by atoms with Gasteiger partial charge in [-0.1, -0.05) is 80.6 Å². The van der Waals surface area contributed by atoms with Crippen LogP contribution in [0.4, 0.5) is 0 Å². The summed E-state index contributed by atoms with van der Waals surface area (Å²) in [5.74, 6) is 0. The van der Waals surface area contributed by atoms with Crippen molar-refractivity contribution in [3.8, 4) is 0 Å². The van der Waals surface area contributed by atoms with E-state index in [9.17, 15) is 4.57 Å². The van der Waals surface area contributed by atoms with Crippen molar-refractivity contribution in [2.75, 3.05) is 13.1 Å². The molecule has 120 valence electrons. The molecule has 0 N–H and O–H groups in total. The fourth-order valence-electron chi connectivity index (χ4n) is 3.58. The molecule has 1 aliphatic rings. The SMILES string of the molecule is CCN(CC)P1(=O)C(c2ccccc2)=CC[C@@H]1c1ccccc1. The summed E-state index contributed by atoms with van der Waals surface area (Å²) < 4.78 is 16.5. The van der Waals surface area contributed by atoms with Gasteiger partial charge in [-0.2, -0.15) is 0 Å². The molecule has 2 aromatic carbocycles. The molecule has 2 atom stereocenters. The number of rotatable bonds is 5. The third kappa shape index (κ3) is 2.82. The van der Waals surface area contributed by atoms with Gasteiger partial charge in [0.05, 0.1) is 5.66 Å². The van der Waals surface area contributed by atoms with Gasteiger partial charge in [-0.3, -0.25) is 0 Å². The van der Waals surface area contributed by atoms with Crippen molar-refractivity contribution >= 4 is 12.6 Å². The highest BCUT2D eigenvalue weighted by atomic mass is 31.2. The summed E-state index contributed by atoms with van der Waals surface area (Å²) in [6.45, 7) is 5.82. The minimum absolute atomic E-state index is 0.0683. The van der Waals surface area contributed by atoms with Gasteiger partial charge in [0, 0.05) is 18.4 Å². The van der Waals surface area contributed by atoms with Crippen molar-refractivity contribution in [2.24, 2.45) is 0 Å². The minimum atomic E-state index is -2.65. The molecule has 0 saturated heterocycles. The highest BCUT2D eigenvalue weighted by Gasteiger charge is 2.45. The van der Waals surface area contributed by atoms with Gasteiger partial charge in [-0.05, 0) is 17.5 Å². The second kappa shape index (κ2) is 6.86. The molecule has 0 aromatic heterocycles. The molecular weight excluding hydrogens is 301 g/mol. The quantitative estimate of drug-likeness (QED) is 0.648. The van der Waals surface area contributed by atoms with Gasteiger partial charge in [0.2, 0.25) is 0 Å². The summed E-state index contributed by atoms with van der Waals surface area (Å²) in [6, 6.07) is 20.6. The molecule has 0 spiro atoms. The average molecular weight is 325 g/mol. The molecule has 23 heavy (non-hydrogen) atoms. The second-order valence-electron chi connectivity index (χ2n) is 5.88. The van der Waals surface area contributed by atoms with E-state index in [0.29, 0.717) is 0 Å². The lowest BCUT2D eigenvalue weighted by Gasteiger charge is -2.34. The second-order valence-corrected chi connectivity index (χ2v) is 8.80. The van der Waals surface area contributed by atoms with E-state index in [-0.39, 0.29) is 5.66 Å². The molecule has 3 rings (SSSR count). The molecule has 1 aliphatic heterocycles. The van der Waals surface area contributed by atoms with Crippen LogP contribution in [-0.4, -0.2) is 17.8 Å². The molecule has 3 heteroatoms. The zero-order chi connectivity index (χ0) is 16.3. The molecule has 0 fully saturated rings. The topological polar surface area (TPSA) is 20.3 Å². The smallest absolute Gasteiger partial charge is 0.186 e. The van der Waals surface area contributed by atoms with Gasteiger partial charge in [-0.15, -0.1) is 0 Å². The van der Waals surface area contributed by atoms with E-state index in [1.807, 2.05) is 36.4 Å². The molecule has 1 unspecified atom stereocenters. The van der Waals surface area contributed by atoms with E-state index in [0.717, 1.165) is 30.4 Å². The Bertz CT molecular complexity index is 720. The molecule has 0 bridgehead atoms. The third-order valence-electron chi connectivity index (χ3n) is 4.71. The van der Waals surface area contributed by atoms with Crippen LogP contribution in [0.1, 0.15) is 37.1 Å². The zero-order valence-corrected chi connectivity index (χ0v) is 14.7. The summed E-state index contributed by atoms with van der Waals surface area (Å²) >= 11 is 0. The largest absolute Gasteiger partial charge is 0.301 e. The van der Waals surface area contributed by atoms with Crippen molar-refractivity contribution < 1.29 is 4.57 Å². The Kier molecular flexibility index (Phi) is 4.84. The first-order valence-electron chi connectivity index (χ1n) is 8.38. The van der Waals surface area contributed by atoms with E-state index < -0.39 is 7.29 Å². The minimum Gasteiger partial charge on any atom is -0.301 e. The molecule has 0 radical (unpaired) electrons. The van der Waals surface area contributed by atoms with E-state index in [1.165, 1.54) is 5.56 Å². The number of hydrogen-bond donors (Lipinski definition) is 0. The van der Waals surface area contributed by atoms with Gasteiger partial charge >= 0.3 is 0 Å². The van der Waals surface area contributed by atoms with Crippen LogP contribution in [0.15, 0.2) is 66.7 Å². The first kappa shape index (κ1) is 16.2. The Balaban J connectivity index is 2.10. The molecule has 0 aliphatic carbocycles. The van der Waals surface area contributed by atoms with Crippen LogP contribution in [0.25, 0.3) is 5.31 Å². The lowest BCUT2D eigenvalue weighted by atomic mass is 10.1. The maximum atomic E-state index is 14.3. The van der Waals surface area contributed by atoms with Crippen molar-refractivity contribution in [3.63, 3.8) is 0 Å². The van der Waals surface area contributed by atoms with Crippen LogP contribution in [0.5, 0.6) is 0 Å². The van der Waals surface area contributed by atoms with Crippen LogP contribution >= 0.6 is 7.29 Å². The maximum absolute atomic E-state index is 14.3. The number of allylic oxidation sites excluding steroid dienone is 1. The lowest BCUT2D eigenvalue weighted by Crippen LogP contribution is -2.22. The Hall–Kier alpha value is -1.63. The monoisotopic (exact) mass is 325 g/mol. The zero-order valence-electron chi connectivity index (χ0n) is 13.9. The molecule has 0 amide bonds. The van der Waals surface area contributed by atoms with Crippen LogP contribution < -0.4 is 0 Å². The summed E-state index contributed by atoms with van der Waals surface area (Å²) in [5.41, 5.74) is 2.35. The number of hydrogen-bond acceptors (Lipinski definition) is 1. The Labute approximate surface area is 139 Å². The van der Waals surface area contributed by atoms with Crippen LogP contribution in [0.2, 0.25) is 0 Å². The summed E-state index contributed by atoms with van der Waals surface area (Å²) in [4.78, 5) is 0. The van der Waals surface area contributed by atoms with E-state index in [1.54, 1.807) is 0 Å². The maximum Gasteiger partial charge on any atom is 0.186 e. The summed E-state index contributed by atoms with van der Waals surface area (Å²) in [7, 11) is -2.65. The van der Waals surface area contributed by atoms with Gasteiger partial charge < -0.3 is 4.57 Å². The standard InChI is InChI=1S/C20H24NOP/c1-3-21(4-2)23(22)19(17-11-7-5-8-12-17)15-16-20(23)18-13-9-6-10-14-18/h5-15,20H,3-4,16H2,1-2H3/t20-,23?/m1/s1. The summed E-state index contributed by atoms with van der Waals surface area (Å²) in [5, 5.41) is 1.04. The fraction of sp³-hybridized carbons (Fsp3) is 0.300.